The fraction of sp³-hybridized carbons (Fsp3) is 0.167. The number of aryl methyl sites for hydroxylation is 1. The third-order valence-corrected chi connectivity index (χ3v) is 3.06. The SMILES string of the molecule is Cn1ccnc1CNc1ccc(Cl)cc1C(N)=S. The Morgan fingerprint density at radius 1 is 1.56 bits per heavy atom. The Labute approximate surface area is 116 Å². The quantitative estimate of drug-likeness (QED) is 0.844. The number of halogens is 1. The van der Waals surface area contributed by atoms with Crippen LogP contribution in [0.15, 0.2) is 30.6 Å². The van der Waals surface area contributed by atoms with Crippen LogP contribution in [0.25, 0.3) is 0 Å². The maximum Gasteiger partial charge on any atom is 0.127 e. The van der Waals surface area contributed by atoms with Crippen molar-refractivity contribution in [1.82, 2.24) is 9.55 Å². The van der Waals surface area contributed by atoms with Gasteiger partial charge in [-0.3, -0.25) is 0 Å². The Hall–Kier alpha value is -1.59. The second-order valence-electron chi connectivity index (χ2n) is 3.86. The lowest BCUT2D eigenvalue weighted by atomic mass is 10.2. The third kappa shape index (κ3) is 2.80. The summed E-state index contributed by atoms with van der Waals surface area (Å²) in [6, 6.07) is 5.41. The molecule has 94 valence electrons. The smallest absolute Gasteiger partial charge is 0.127 e. The largest absolute Gasteiger partial charge is 0.389 e. The minimum Gasteiger partial charge on any atom is -0.389 e. The molecule has 0 saturated carbocycles. The highest BCUT2D eigenvalue weighted by molar-refractivity contribution is 7.80. The van der Waals surface area contributed by atoms with Gasteiger partial charge in [0.2, 0.25) is 0 Å². The lowest BCUT2D eigenvalue weighted by Gasteiger charge is -2.11. The van der Waals surface area contributed by atoms with Crippen LogP contribution < -0.4 is 11.1 Å². The molecule has 0 aliphatic carbocycles. The molecule has 0 unspecified atom stereocenters. The number of thiocarbonyl (C=S) groups is 1. The van der Waals surface area contributed by atoms with Crippen LogP contribution in [-0.2, 0) is 13.6 Å². The third-order valence-electron chi connectivity index (χ3n) is 2.60. The number of imidazole rings is 1. The Bertz CT molecular complexity index is 579. The van der Waals surface area contributed by atoms with E-state index in [1.165, 1.54) is 0 Å². The molecule has 0 saturated heterocycles. The number of benzene rings is 1. The van der Waals surface area contributed by atoms with Gasteiger partial charge in [-0.15, -0.1) is 0 Å². The van der Waals surface area contributed by atoms with E-state index in [0.29, 0.717) is 16.6 Å². The van der Waals surface area contributed by atoms with Gasteiger partial charge in [-0.25, -0.2) is 4.98 Å². The summed E-state index contributed by atoms with van der Waals surface area (Å²) in [4.78, 5) is 4.55. The average Bonchev–Trinajstić information content (AvgIpc) is 2.73. The molecular formula is C12H13ClN4S. The monoisotopic (exact) mass is 280 g/mol. The predicted molar refractivity (Wildman–Crippen MR) is 77.9 cm³/mol. The van der Waals surface area contributed by atoms with E-state index in [1.54, 1.807) is 18.3 Å². The Morgan fingerprint density at radius 3 is 2.94 bits per heavy atom. The minimum absolute atomic E-state index is 0.319. The van der Waals surface area contributed by atoms with Crippen LogP contribution in [-0.4, -0.2) is 14.5 Å². The number of nitrogens with one attached hydrogen (secondary N) is 1. The van der Waals surface area contributed by atoms with Crippen molar-refractivity contribution in [3.63, 3.8) is 0 Å². The van der Waals surface area contributed by atoms with Crippen molar-refractivity contribution >= 4 is 34.5 Å². The fourth-order valence-electron chi connectivity index (χ4n) is 1.62. The van der Waals surface area contributed by atoms with E-state index in [9.17, 15) is 0 Å². The van der Waals surface area contributed by atoms with Crippen LogP contribution in [0.5, 0.6) is 0 Å². The van der Waals surface area contributed by atoms with Gasteiger partial charge in [0.25, 0.3) is 0 Å². The van der Waals surface area contributed by atoms with Crippen molar-refractivity contribution in [3.05, 3.63) is 47.0 Å². The molecule has 0 spiro atoms. The minimum atomic E-state index is 0.319. The van der Waals surface area contributed by atoms with Crippen LogP contribution in [0.2, 0.25) is 5.02 Å². The molecule has 0 fully saturated rings. The summed E-state index contributed by atoms with van der Waals surface area (Å²) in [5.74, 6) is 0.929. The van der Waals surface area contributed by atoms with Crippen molar-refractivity contribution in [2.75, 3.05) is 5.32 Å². The van der Waals surface area contributed by atoms with Gasteiger partial charge in [0.1, 0.15) is 10.8 Å². The van der Waals surface area contributed by atoms with Crippen molar-refractivity contribution in [1.29, 1.82) is 0 Å². The molecule has 0 radical (unpaired) electrons. The van der Waals surface area contributed by atoms with E-state index in [0.717, 1.165) is 17.1 Å². The number of hydrogen-bond donors (Lipinski definition) is 2. The fourth-order valence-corrected chi connectivity index (χ4v) is 1.96. The Kier molecular flexibility index (Phi) is 3.84. The van der Waals surface area contributed by atoms with Gasteiger partial charge < -0.3 is 15.6 Å². The van der Waals surface area contributed by atoms with E-state index in [1.807, 2.05) is 23.9 Å². The highest BCUT2D eigenvalue weighted by Gasteiger charge is 2.07. The van der Waals surface area contributed by atoms with Crippen LogP contribution in [0.3, 0.4) is 0 Å². The zero-order valence-electron chi connectivity index (χ0n) is 9.85. The molecular weight excluding hydrogens is 268 g/mol. The van der Waals surface area contributed by atoms with Crippen LogP contribution >= 0.6 is 23.8 Å². The molecule has 3 N–H and O–H groups in total. The molecule has 0 atom stereocenters. The van der Waals surface area contributed by atoms with E-state index < -0.39 is 0 Å². The number of nitrogens with zero attached hydrogens (tertiary/aromatic N) is 2. The standard InChI is InChI=1S/C12H13ClN4S/c1-17-5-4-15-11(17)7-16-10-3-2-8(13)6-9(10)12(14)18/h2-6,16H,7H2,1H3,(H2,14,18). The highest BCUT2D eigenvalue weighted by Crippen LogP contribution is 2.21. The summed E-state index contributed by atoms with van der Waals surface area (Å²) < 4.78 is 1.95. The lowest BCUT2D eigenvalue weighted by molar-refractivity contribution is 0.813. The molecule has 6 heteroatoms. The number of nitrogens with two attached hydrogens (primary N) is 1. The molecule has 2 rings (SSSR count). The molecule has 1 heterocycles. The van der Waals surface area contributed by atoms with E-state index in [4.69, 9.17) is 29.6 Å². The molecule has 0 aliphatic rings. The number of rotatable bonds is 4. The van der Waals surface area contributed by atoms with Gasteiger partial charge in [0.15, 0.2) is 0 Å². The van der Waals surface area contributed by atoms with Crippen molar-refractivity contribution < 1.29 is 0 Å². The molecule has 18 heavy (non-hydrogen) atoms. The van der Waals surface area contributed by atoms with E-state index in [-0.39, 0.29) is 0 Å². The average molecular weight is 281 g/mol. The number of aromatic nitrogens is 2. The molecule has 0 aliphatic heterocycles. The second-order valence-corrected chi connectivity index (χ2v) is 4.74. The summed E-state index contributed by atoms with van der Waals surface area (Å²) in [7, 11) is 1.94. The van der Waals surface area contributed by atoms with Crippen molar-refractivity contribution in [2.45, 2.75) is 6.54 Å². The first-order valence-corrected chi connectivity index (χ1v) is 6.16. The van der Waals surface area contributed by atoms with Gasteiger partial charge in [-0.05, 0) is 18.2 Å². The van der Waals surface area contributed by atoms with Gasteiger partial charge in [-0.1, -0.05) is 23.8 Å². The topological polar surface area (TPSA) is 55.9 Å². The molecule has 4 nitrogen and oxygen atoms in total. The van der Waals surface area contributed by atoms with Crippen molar-refractivity contribution in [3.8, 4) is 0 Å². The molecule has 0 bridgehead atoms. The highest BCUT2D eigenvalue weighted by atomic mass is 35.5. The molecule has 0 amide bonds. The number of hydrogen-bond acceptors (Lipinski definition) is 3. The Balaban J connectivity index is 2.19. The maximum absolute atomic E-state index is 5.93. The van der Waals surface area contributed by atoms with Gasteiger partial charge in [-0.2, -0.15) is 0 Å². The summed E-state index contributed by atoms with van der Waals surface area (Å²) >= 11 is 10.9. The second kappa shape index (κ2) is 5.37. The summed E-state index contributed by atoms with van der Waals surface area (Å²) in [6.07, 6.45) is 3.65. The number of anilines is 1. The van der Waals surface area contributed by atoms with Gasteiger partial charge in [0, 0.05) is 35.7 Å². The maximum atomic E-state index is 5.93. The summed E-state index contributed by atoms with van der Waals surface area (Å²) in [6.45, 7) is 0.598. The zero-order valence-corrected chi connectivity index (χ0v) is 11.4. The van der Waals surface area contributed by atoms with Gasteiger partial charge in [0.05, 0.1) is 6.54 Å². The van der Waals surface area contributed by atoms with Crippen molar-refractivity contribution in [2.24, 2.45) is 12.8 Å². The summed E-state index contributed by atoms with van der Waals surface area (Å²) in [5, 5.41) is 3.87. The van der Waals surface area contributed by atoms with Crippen LogP contribution in [0.1, 0.15) is 11.4 Å². The van der Waals surface area contributed by atoms with E-state index in [2.05, 4.69) is 10.3 Å². The van der Waals surface area contributed by atoms with Crippen LogP contribution in [0.4, 0.5) is 5.69 Å². The molecule has 1 aromatic carbocycles. The molecule has 1 aromatic heterocycles. The normalized spacial score (nSPS) is 10.3. The van der Waals surface area contributed by atoms with Crippen LogP contribution in [0, 0.1) is 0 Å². The lowest BCUT2D eigenvalue weighted by Crippen LogP contribution is -2.14. The Morgan fingerprint density at radius 2 is 2.33 bits per heavy atom. The first kappa shape index (κ1) is 12.9. The summed E-state index contributed by atoms with van der Waals surface area (Å²) in [5.41, 5.74) is 7.27. The molecule has 2 aromatic rings. The zero-order chi connectivity index (χ0) is 13.1. The van der Waals surface area contributed by atoms with E-state index >= 15 is 0 Å². The predicted octanol–water partition coefficient (Wildman–Crippen LogP) is 2.32. The first-order chi connectivity index (χ1) is 8.58. The first-order valence-electron chi connectivity index (χ1n) is 5.37. The van der Waals surface area contributed by atoms with Gasteiger partial charge >= 0.3 is 0 Å².